The van der Waals surface area contributed by atoms with Crippen molar-refractivity contribution in [2.24, 2.45) is 5.92 Å². The lowest BCUT2D eigenvalue weighted by molar-refractivity contribution is -0.128. The fraction of sp³-hybridized carbons (Fsp3) is 0.333. The Hall–Kier alpha value is -2.33. The SMILES string of the molecule is CC(C)c1ccc(NC(=O)C2CC(=O)N(Cc3ccccc3Cl)C2)cc1. The van der Waals surface area contributed by atoms with Crippen LogP contribution in [0, 0.1) is 5.92 Å². The van der Waals surface area contributed by atoms with Crippen molar-refractivity contribution >= 4 is 29.1 Å². The van der Waals surface area contributed by atoms with Crippen molar-refractivity contribution in [1.82, 2.24) is 4.90 Å². The second kappa shape index (κ2) is 7.92. The van der Waals surface area contributed by atoms with Crippen molar-refractivity contribution in [3.05, 3.63) is 64.7 Å². The maximum atomic E-state index is 12.5. The highest BCUT2D eigenvalue weighted by molar-refractivity contribution is 6.31. The van der Waals surface area contributed by atoms with Crippen LogP contribution in [0.5, 0.6) is 0 Å². The molecule has 0 bridgehead atoms. The molecule has 1 heterocycles. The molecule has 0 aromatic heterocycles. The van der Waals surface area contributed by atoms with Crippen molar-refractivity contribution in [3.63, 3.8) is 0 Å². The molecule has 1 aliphatic heterocycles. The Kier molecular flexibility index (Phi) is 5.62. The molecule has 1 unspecified atom stereocenters. The zero-order valence-corrected chi connectivity index (χ0v) is 15.8. The van der Waals surface area contributed by atoms with Gasteiger partial charge in [0.1, 0.15) is 0 Å². The van der Waals surface area contributed by atoms with Gasteiger partial charge in [0.25, 0.3) is 0 Å². The standard InChI is InChI=1S/C21H23ClN2O2/c1-14(2)15-7-9-18(10-8-15)23-21(26)17-11-20(25)24(13-17)12-16-5-3-4-6-19(16)22/h3-10,14,17H,11-13H2,1-2H3,(H,23,26). The van der Waals surface area contributed by atoms with Crippen molar-refractivity contribution in [2.75, 3.05) is 11.9 Å². The number of halogens is 1. The lowest BCUT2D eigenvalue weighted by atomic mass is 10.0. The minimum Gasteiger partial charge on any atom is -0.337 e. The average Bonchev–Trinajstić information content (AvgIpc) is 2.98. The minimum absolute atomic E-state index is 0.0137. The summed E-state index contributed by atoms with van der Waals surface area (Å²) in [4.78, 5) is 26.5. The molecular formula is C21H23ClN2O2. The Balaban J connectivity index is 1.61. The number of nitrogens with one attached hydrogen (secondary N) is 1. The van der Waals surface area contributed by atoms with E-state index in [0.717, 1.165) is 11.3 Å². The first-order chi connectivity index (χ1) is 12.4. The largest absolute Gasteiger partial charge is 0.337 e. The van der Waals surface area contributed by atoms with E-state index in [4.69, 9.17) is 11.6 Å². The second-order valence-corrected chi connectivity index (χ2v) is 7.44. The van der Waals surface area contributed by atoms with Crippen LogP contribution in [0.4, 0.5) is 5.69 Å². The maximum Gasteiger partial charge on any atom is 0.229 e. The zero-order valence-electron chi connectivity index (χ0n) is 15.0. The lowest BCUT2D eigenvalue weighted by Crippen LogP contribution is -2.28. The Morgan fingerprint density at radius 1 is 1.19 bits per heavy atom. The first kappa shape index (κ1) is 18.5. The fourth-order valence-electron chi connectivity index (χ4n) is 3.13. The van der Waals surface area contributed by atoms with Gasteiger partial charge in [-0.15, -0.1) is 0 Å². The molecular weight excluding hydrogens is 348 g/mol. The zero-order chi connectivity index (χ0) is 18.7. The van der Waals surface area contributed by atoms with E-state index in [2.05, 4.69) is 19.2 Å². The molecule has 0 aliphatic carbocycles. The van der Waals surface area contributed by atoms with Crippen LogP contribution in [-0.2, 0) is 16.1 Å². The normalized spacial score (nSPS) is 17.0. The highest BCUT2D eigenvalue weighted by Gasteiger charge is 2.34. The van der Waals surface area contributed by atoms with E-state index in [9.17, 15) is 9.59 Å². The van der Waals surface area contributed by atoms with E-state index in [0.29, 0.717) is 24.0 Å². The van der Waals surface area contributed by atoms with Gasteiger partial charge in [-0.2, -0.15) is 0 Å². The van der Waals surface area contributed by atoms with E-state index < -0.39 is 0 Å². The van der Waals surface area contributed by atoms with Crippen LogP contribution >= 0.6 is 11.6 Å². The van der Waals surface area contributed by atoms with Gasteiger partial charge in [0.2, 0.25) is 11.8 Å². The number of hydrogen-bond acceptors (Lipinski definition) is 2. The fourth-order valence-corrected chi connectivity index (χ4v) is 3.32. The van der Waals surface area contributed by atoms with E-state index in [1.807, 2.05) is 48.5 Å². The predicted molar refractivity (Wildman–Crippen MR) is 104 cm³/mol. The highest BCUT2D eigenvalue weighted by atomic mass is 35.5. The van der Waals surface area contributed by atoms with Gasteiger partial charge in [0, 0.05) is 30.2 Å². The van der Waals surface area contributed by atoms with Crippen LogP contribution in [0.1, 0.15) is 37.3 Å². The van der Waals surface area contributed by atoms with Crippen LogP contribution in [0.3, 0.4) is 0 Å². The summed E-state index contributed by atoms with van der Waals surface area (Å²) in [6.07, 6.45) is 0.236. The molecule has 2 amide bonds. The molecule has 5 heteroatoms. The molecule has 2 aromatic carbocycles. The van der Waals surface area contributed by atoms with E-state index in [-0.39, 0.29) is 24.2 Å². The third-order valence-electron chi connectivity index (χ3n) is 4.75. The van der Waals surface area contributed by atoms with E-state index in [1.165, 1.54) is 5.56 Å². The quantitative estimate of drug-likeness (QED) is 0.845. The Morgan fingerprint density at radius 3 is 2.54 bits per heavy atom. The van der Waals surface area contributed by atoms with E-state index >= 15 is 0 Å². The third-order valence-corrected chi connectivity index (χ3v) is 5.12. The first-order valence-electron chi connectivity index (χ1n) is 8.86. The number of carbonyl (C=O) groups is 2. The van der Waals surface area contributed by atoms with Gasteiger partial charge in [-0.3, -0.25) is 9.59 Å². The van der Waals surface area contributed by atoms with Crippen molar-refractivity contribution < 1.29 is 9.59 Å². The highest BCUT2D eigenvalue weighted by Crippen LogP contribution is 2.25. The monoisotopic (exact) mass is 370 g/mol. The Morgan fingerprint density at radius 2 is 1.88 bits per heavy atom. The number of nitrogens with zero attached hydrogens (tertiary/aromatic N) is 1. The minimum atomic E-state index is -0.338. The summed E-state index contributed by atoms with van der Waals surface area (Å²) < 4.78 is 0. The maximum absolute atomic E-state index is 12.5. The smallest absolute Gasteiger partial charge is 0.229 e. The summed E-state index contributed by atoms with van der Waals surface area (Å²) in [6, 6.07) is 15.3. The molecule has 26 heavy (non-hydrogen) atoms. The molecule has 1 aliphatic rings. The summed E-state index contributed by atoms with van der Waals surface area (Å²) in [5.41, 5.74) is 2.88. The number of benzene rings is 2. The summed E-state index contributed by atoms with van der Waals surface area (Å²) in [7, 11) is 0. The van der Waals surface area contributed by atoms with Crippen LogP contribution in [0.25, 0.3) is 0 Å². The molecule has 1 saturated heterocycles. The number of carbonyl (C=O) groups excluding carboxylic acids is 2. The first-order valence-corrected chi connectivity index (χ1v) is 9.24. The second-order valence-electron chi connectivity index (χ2n) is 7.03. The van der Waals surface area contributed by atoms with Gasteiger partial charge in [-0.1, -0.05) is 55.8 Å². The van der Waals surface area contributed by atoms with Gasteiger partial charge >= 0.3 is 0 Å². The summed E-state index contributed by atoms with van der Waals surface area (Å²) in [5, 5.41) is 3.56. The van der Waals surface area contributed by atoms with Gasteiger partial charge < -0.3 is 10.2 Å². The molecule has 0 radical (unpaired) electrons. The van der Waals surface area contributed by atoms with Crippen molar-refractivity contribution in [3.8, 4) is 0 Å². The number of hydrogen-bond donors (Lipinski definition) is 1. The van der Waals surface area contributed by atoms with Crippen molar-refractivity contribution in [1.29, 1.82) is 0 Å². The summed E-state index contributed by atoms with van der Waals surface area (Å²) in [6.45, 7) is 5.11. The van der Waals surface area contributed by atoms with Crippen LogP contribution < -0.4 is 5.32 Å². The molecule has 1 atom stereocenters. The summed E-state index contributed by atoms with van der Waals surface area (Å²) >= 11 is 6.17. The number of likely N-dealkylation sites (tertiary alicyclic amines) is 1. The van der Waals surface area contributed by atoms with Gasteiger partial charge in [0.15, 0.2) is 0 Å². The van der Waals surface area contributed by atoms with Crippen molar-refractivity contribution in [2.45, 2.75) is 32.7 Å². The molecule has 3 rings (SSSR count). The van der Waals surface area contributed by atoms with Gasteiger partial charge in [0.05, 0.1) is 5.92 Å². The number of amides is 2. The average molecular weight is 371 g/mol. The molecule has 0 spiro atoms. The molecule has 136 valence electrons. The number of rotatable bonds is 5. The van der Waals surface area contributed by atoms with Crippen LogP contribution in [0.15, 0.2) is 48.5 Å². The Bertz CT molecular complexity index is 802. The number of anilines is 1. The predicted octanol–water partition coefficient (Wildman–Crippen LogP) is 4.45. The molecule has 1 fully saturated rings. The topological polar surface area (TPSA) is 49.4 Å². The third kappa shape index (κ3) is 4.25. The van der Waals surface area contributed by atoms with Crippen LogP contribution in [-0.4, -0.2) is 23.3 Å². The molecule has 1 N–H and O–H groups in total. The molecule has 2 aromatic rings. The molecule has 4 nitrogen and oxygen atoms in total. The van der Waals surface area contributed by atoms with E-state index in [1.54, 1.807) is 4.90 Å². The summed E-state index contributed by atoms with van der Waals surface area (Å²) in [5.74, 6) is -0.0159. The van der Waals surface area contributed by atoms with Crippen LogP contribution in [0.2, 0.25) is 5.02 Å². The van der Waals surface area contributed by atoms with Gasteiger partial charge in [-0.05, 0) is 35.2 Å². The van der Waals surface area contributed by atoms with Gasteiger partial charge in [-0.25, -0.2) is 0 Å². The molecule has 0 saturated carbocycles. The lowest BCUT2D eigenvalue weighted by Gasteiger charge is -2.17. The Labute approximate surface area is 159 Å².